The number of likely N-dealkylation sites (tertiary alicyclic amines) is 1. The lowest BCUT2D eigenvalue weighted by Gasteiger charge is -2.23. The van der Waals surface area contributed by atoms with Gasteiger partial charge in [-0.05, 0) is 37.5 Å². The summed E-state index contributed by atoms with van der Waals surface area (Å²) < 4.78 is 0. The molecule has 0 spiro atoms. The molecule has 1 aliphatic heterocycles. The topological polar surface area (TPSA) is 57.6 Å². The number of aromatic carboxylic acids is 1. The summed E-state index contributed by atoms with van der Waals surface area (Å²) in [6.45, 7) is 2.85. The van der Waals surface area contributed by atoms with Crippen LogP contribution in [0.25, 0.3) is 0 Å². The Bertz CT molecular complexity index is 470. The molecule has 18 heavy (non-hydrogen) atoms. The van der Waals surface area contributed by atoms with E-state index in [2.05, 4.69) is 6.92 Å². The molecule has 96 valence electrons. The lowest BCUT2D eigenvalue weighted by molar-refractivity contribution is 0.0697. The zero-order valence-corrected chi connectivity index (χ0v) is 10.4. The molecule has 4 nitrogen and oxygen atoms in total. The molecule has 0 aromatic heterocycles. The molecule has 0 bridgehead atoms. The second-order valence-electron chi connectivity index (χ2n) is 4.59. The molecule has 0 aliphatic carbocycles. The van der Waals surface area contributed by atoms with Gasteiger partial charge in [-0.3, -0.25) is 4.79 Å². The van der Waals surface area contributed by atoms with Crippen molar-refractivity contribution in [2.45, 2.75) is 32.2 Å². The van der Waals surface area contributed by atoms with Crippen LogP contribution in [0.2, 0.25) is 0 Å². The van der Waals surface area contributed by atoms with Crippen LogP contribution in [-0.2, 0) is 0 Å². The molecule has 0 saturated carbocycles. The van der Waals surface area contributed by atoms with Crippen molar-refractivity contribution in [3.05, 3.63) is 35.4 Å². The van der Waals surface area contributed by atoms with Crippen molar-refractivity contribution in [3.63, 3.8) is 0 Å². The third-order valence-electron chi connectivity index (χ3n) is 3.47. The number of carboxylic acids is 1. The first-order chi connectivity index (χ1) is 8.63. The number of rotatable bonds is 3. The quantitative estimate of drug-likeness (QED) is 0.892. The van der Waals surface area contributed by atoms with Crippen molar-refractivity contribution in [1.29, 1.82) is 0 Å². The highest BCUT2D eigenvalue weighted by Gasteiger charge is 2.28. The van der Waals surface area contributed by atoms with Crippen LogP contribution in [0.4, 0.5) is 0 Å². The number of carboxylic acid groups (broad SMARTS) is 1. The molecule has 2 rings (SSSR count). The zero-order valence-electron chi connectivity index (χ0n) is 10.4. The molecule has 1 saturated heterocycles. The Balaban J connectivity index is 2.23. The Morgan fingerprint density at radius 3 is 2.78 bits per heavy atom. The third-order valence-corrected chi connectivity index (χ3v) is 3.47. The number of hydrogen-bond acceptors (Lipinski definition) is 2. The van der Waals surface area contributed by atoms with Crippen molar-refractivity contribution in [1.82, 2.24) is 4.90 Å². The van der Waals surface area contributed by atoms with Gasteiger partial charge in [0.1, 0.15) is 0 Å². The van der Waals surface area contributed by atoms with Gasteiger partial charge < -0.3 is 10.0 Å². The van der Waals surface area contributed by atoms with E-state index in [4.69, 9.17) is 5.11 Å². The predicted molar refractivity (Wildman–Crippen MR) is 67.8 cm³/mol. The maximum atomic E-state index is 12.3. The number of hydrogen-bond donors (Lipinski definition) is 1. The summed E-state index contributed by atoms with van der Waals surface area (Å²) in [6.07, 6.45) is 3.02. The van der Waals surface area contributed by atoms with E-state index in [0.717, 1.165) is 25.8 Å². The van der Waals surface area contributed by atoms with Gasteiger partial charge >= 0.3 is 5.97 Å². The standard InChI is InChI=1S/C14H17NO3/c1-2-12-7-4-8-15(12)13(16)10-5-3-6-11(9-10)14(17)18/h3,5-6,9,12H,2,4,7-8H2,1H3,(H,17,18). The summed E-state index contributed by atoms with van der Waals surface area (Å²) in [5.41, 5.74) is 0.628. The molecular weight excluding hydrogens is 230 g/mol. The van der Waals surface area contributed by atoms with E-state index in [-0.39, 0.29) is 11.5 Å². The Morgan fingerprint density at radius 2 is 2.11 bits per heavy atom. The summed E-state index contributed by atoms with van der Waals surface area (Å²) in [5, 5.41) is 8.93. The number of carbonyl (C=O) groups excluding carboxylic acids is 1. The van der Waals surface area contributed by atoms with Crippen molar-refractivity contribution >= 4 is 11.9 Å². The van der Waals surface area contributed by atoms with Gasteiger partial charge in [-0.25, -0.2) is 4.79 Å². The minimum absolute atomic E-state index is 0.0533. The Labute approximate surface area is 106 Å². The Morgan fingerprint density at radius 1 is 1.39 bits per heavy atom. The number of nitrogens with zero attached hydrogens (tertiary/aromatic N) is 1. The molecule has 1 heterocycles. The van der Waals surface area contributed by atoms with Crippen LogP contribution < -0.4 is 0 Å². The fourth-order valence-electron chi connectivity index (χ4n) is 2.48. The van der Waals surface area contributed by atoms with Crippen LogP contribution in [0.15, 0.2) is 24.3 Å². The normalized spacial score (nSPS) is 18.9. The Hall–Kier alpha value is -1.84. The largest absolute Gasteiger partial charge is 0.478 e. The Kier molecular flexibility index (Phi) is 3.65. The summed E-state index contributed by atoms with van der Waals surface area (Å²) in [6, 6.07) is 6.55. The predicted octanol–water partition coefficient (Wildman–Crippen LogP) is 2.40. The highest BCUT2D eigenvalue weighted by atomic mass is 16.4. The minimum Gasteiger partial charge on any atom is -0.478 e. The van der Waals surface area contributed by atoms with Gasteiger partial charge in [-0.15, -0.1) is 0 Å². The first-order valence-electron chi connectivity index (χ1n) is 6.27. The number of carbonyl (C=O) groups is 2. The summed E-state index contributed by atoms with van der Waals surface area (Å²) in [5.74, 6) is -1.06. The summed E-state index contributed by atoms with van der Waals surface area (Å²) in [7, 11) is 0. The highest BCUT2D eigenvalue weighted by molar-refractivity contribution is 5.97. The molecule has 1 aromatic rings. The van der Waals surface area contributed by atoms with Crippen molar-refractivity contribution in [2.24, 2.45) is 0 Å². The molecular formula is C14H17NO3. The minimum atomic E-state index is -1.00. The molecule has 1 fully saturated rings. The fraction of sp³-hybridized carbons (Fsp3) is 0.429. The zero-order chi connectivity index (χ0) is 13.1. The molecule has 1 aliphatic rings. The van der Waals surface area contributed by atoms with Gasteiger partial charge in [0, 0.05) is 18.2 Å². The van der Waals surface area contributed by atoms with Crippen molar-refractivity contribution < 1.29 is 14.7 Å². The summed E-state index contributed by atoms with van der Waals surface area (Å²) in [4.78, 5) is 25.1. The van der Waals surface area contributed by atoms with E-state index in [1.807, 2.05) is 4.90 Å². The third kappa shape index (κ3) is 2.37. The molecule has 1 amide bonds. The van der Waals surface area contributed by atoms with E-state index >= 15 is 0 Å². The van der Waals surface area contributed by atoms with E-state index in [1.165, 1.54) is 12.1 Å². The van der Waals surface area contributed by atoms with Crippen LogP contribution >= 0.6 is 0 Å². The second kappa shape index (κ2) is 5.21. The van der Waals surface area contributed by atoms with Crippen LogP contribution in [0.3, 0.4) is 0 Å². The fourth-order valence-corrected chi connectivity index (χ4v) is 2.48. The van der Waals surface area contributed by atoms with Gasteiger partial charge in [0.15, 0.2) is 0 Å². The van der Waals surface area contributed by atoms with Crippen molar-refractivity contribution in [3.8, 4) is 0 Å². The highest BCUT2D eigenvalue weighted by Crippen LogP contribution is 2.22. The monoisotopic (exact) mass is 247 g/mol. The first-order valence-corrected chi connectivity index (χ1v) is 6.27. The van der Waals surface area contributed by atoms with E-state index < -0.39 is 5.97 Å². The molecule has 1 aromatic carbocycles. The second-order valence-corrected chi connectivity index (χ2v) is 4.59. The molecule has 4 heteroatoms. The average molecular weight is 247 g/mol. The van der Waals surface area contributed by atoms with Crippen LogP contribution in [0.1, 0.15) is 46.9 Å². The van der Waals surface area contributed by atoms with Crippen LogP contribution in [0, 0.1) is 0 Å². The van der Waals surface area contributed by atoms with Crippen LogP contribution in [-0.4, -0.2) is 34.5 Å². The SMILES string of the molecule is CCC1CCCN1C(=O)c1cccc(C(=O)O)c1. The maximum absolute atomic E-state index is 12.3. The van der Waals surface area contributed by atoms with Crippen molar-refractivity contribution in [2.75, 3.05) is 6.54 Å². The van der Waals surface area contributed by atoms with Gasteiger partial charge in [0.05, 0.1) is 5.56 Å². The average Bonchev–Trinajstić information content (AvgIpc) is 2.86. The molecule has 1 atom stereocenters. The van der Waals surface area contributed by atoms with Gasteiger partial charge in [-0.1, -0.05) is 13.0 Å². The van der Waals surface area contributed by atoms with Gasteiger partial charge in [-0.2, -0.15) is 0 Å². The van der Waals surface area contributed by atoms with E-state index in [1.54, 1.807) is 12.1 Å². The number of amides is 1. The lowest BCUT2D eigenvalue weighted by atomic mass is 10.1. The van der Waals surface area contributed by atoms with E-state index in [0.29, 0.717) is 11.6 Å². The maximum Gasteiger partial charge on any atom is 0.335 e. The number of benzene rings is 1. The summed E-state index contributed by atoms with van der Waals surface area (Å²) >= 11 is 0. The molecule has 1 unspecified atom stereocenters. The lowest BCUT2D eigenvalue weighted by Crippen LogP contribution is -2.35. The van der Waals surface area contributed by atoms with Crippen LogP contribution in [0.5, 0.6) is 0 Å². The molecule has 0 radical (unpaired) electrons. The van der Waals surface area contributed by atoms with Gasteiger partial charge in [0.2, 0.25) is 0 Å². The van der Waals surface area contributed by atoms with E-state index in [9.17, 15) is 9.59 Å². The van der Waals surface area contributed by atoms with Gasteiger partial charge in [0.25, 0.3) is 5.91 Å². The molecule has 1 N–H and O–H groups in total. The first kappa shape index (κ1) is 12.6. The smallest absolute Gasteiger partial charge is 0.335 e.